The number of rotatable bonds is 6. The Kier molecular flexibility index (Phi) is 5.81. The van der Waals surface area contributed by atoms with Crippen LogP contribution in [-0.4, -0.2) is 18.9 Å². The van der Waals surface area contributed by atoms with Crippen molar-refractivity contribution in [2.45, 2.75) is 32.9 Å². The van der Waals surface area contributed by atoms with Crippen LogP contribution in [0.25, 0.3) is 0 Å². The molecule has 4 heteroatoms. The predicted octanol–water partition coefficient (Wildman–Crippen LogP) is 2.87. The standard InChI is InChI=1S/C8H18O3P/c1-5-8(4)12(9,10-6-2)11-7-3/h8H,1,5-7H2,2-4H3. The summed E-state index contributed by atoms with van der Waals surface area (Å²) < 4.78 is 22.1. The molecule has 0 aliphatic rings. The second-order valence-electron chi connectivity index (χ2n) is 2.51. The van der Waals surface area contributed by atoms with Crippen LogP contribution in [0.5, 0.6) is 0 Å². The lowest BCUT2D eigenvalue weighted by Gasteiger charge is -2.21. The third-order valence-electron chi connectivity index (χ3n) is 1.58. The summed E-state index contributed by atoms with van der Waals surface area (Å²) >= 11 is 0. The van der Waals surface area contributed by atoms with Crippen LogP contribution in [0.3, 0.4) is 0 Å². The first-order valence-corrected chi connectivity index (χ1v) is 5.89. The quantitative estimate of drug-likeness (QED) is 0.608. The summed E-state index contributed by atoms with van der Waals surface area (Å²) in [6, 6.07) is 0. The Morgan fingerprint density at radius 3 is 2.00 bits per heavy atom. The minimum Gasteiger partial charge on any atom is -0.309 e. The molecule has 0 aromatic heterocycles. The maximum absolute atomic E-state index is 11.9. The van der Waals surface area contributed by atoms with Gasteiger partial charge in [-0.05, 0) is 20.3 Å². The van der Waals surface area contributed by atoms with Gasteiger partial charge in [-0.1, -0.05) is 13.8 Å². The van der Waals surface area contributed by atoms with E-state index in [-0.39, 0.29) is 5.66 Å². The Labute approximate surface area is 75.0 Å². The van der Waals surface area contributed by atoms with Gasteiger partial charge in [-0.3, -0.25) is 4.57 Å². The third-order valence-corrected chi connectivity index (χ3v) is 4.15. The monoisotopic (exact) mass is 193 g/mol. The molecule has 3 nitrogen and oxygen atoms in total. The summed E-state index contributed by atoms with van der Waals surface area (Å²) in [5.41, 5.74) is -0.114. The first-order chi connectivity index (χ1) is 5.60. The summed E-state index contributed by atoms with van der Waals surface area (Å²) in [6.07, 6.45) is 0.567. The molecule has 0 rings (SSSR count). The molecule has 0 N–H and O–H groups in total. The van der Waals surface area contributed by atoms with Crippen molar-refractivity contribution >= 4 is 7.60 Å². The lowest BCUT2D eigenvalue weighted by molar-refractivity contribution is 0.213. The van der Waals surface area contributed by atoms with E-state index in [9.17, 15) is 4.57 Å². The van der Waals surface area contributed by atoms with Gasteiger partial charge in [0.05, 0.1) is 18.9 Å². The van der Waals surface area contributed by atoms with Gasteiger partial charge in [0.15, 0.2) is 0 Å². The SMILES string of the molecule is [CH2]CC(C)P(=O)(OCC)OCC. The van der Waals surface area contributed by atoms with Gasteiger partial charge in [0.2, 0.25) is 0 Å². The molecule has 73 valence electrons. The second kappa shape index (κ2) is 5.74. The molecule has 0 amide bonds. The second-order valence-corrected chi connectivity index (χ2v) is 4.99. The van der Waals surface area contributed by atoms with Crippen molar-refractivity contribution in [3.8, 4) is 0 Å². The topological polar surface area (TPSA) is 35.5 Å². The minimum absolute atomic E-state index is 0.114. The Hall–Kier alpha value is 0.150. The molecule has 0 heterocycles. The Balaban J connectivity index is 4.27. The van der Waals surface area contributed by atoms with E-state index in [1.807, 2.05) is 20.8 Å². The van der Waals surface area contributed by atoms with Crippen molar-refractivity contribution in [1.82, 2.24) is 0 Å². The first kappa shape index (κ1) is 12.2. The van der Waals surface area contributed by atoms with Gasteiger partial charge in [0.1, 0.15) is 0 Å². The van der Waals surface area contributed by atoms with Gasteiger partial charge in [-0.2, -0.15) is 0 Å². The van der Waals surface area contributed by atoms with Crippen molar-refractivity contribution in [3.05, 3.63) is 6.92 Å². The van der Waals surface area contributed by atoms with Crippen LogP contribution in [0, 0.1) is 6.92 Å². The highest BCUT2D eigenvalue weighted by Gasteiger charge is 2.29. The molecule has 1 atom stereocenters. The van der Waals surface area contributed by atoms with Gasteiger partial charge in [-0.25, -0.2) is 0 Å². The van der Waals surface area contributed by atoms with E-state index in [0.717, 1.165) is 0 Å². The van der Waals surface area contributed by atoms with E-state index in [2.05, 4.69) is 6.92 Å². The molecule has 0 saturated heterocycles. The van der Waals surface area contributed by atoms with E-state index in [1.165, 1.54) is 0 Å². The minimum atomic E-state index is -2.87. The van der Waals surface area contributed by atoms with Crippen LogP contribution in [0.1, 0.15) is 27.2 Å². The molecule has 0 spiro atoms. The van der Waals surface area contributed by atoms with E-state index >= 15 is 0 Å². The summed E-state index contributed by atoms with van der Waals surface area (Å²) in [5.74, 6) is 0. The molecule has 12 heavy (non-hydrogen) atoms. The van der Waals surface area contributed by atoms with E-state index in [0.29, 0.717) is 19.6 Å². The van der Waals surface area contributed by atoms with Gasteiger partial charge < -0.3 is 9.05 Å². The molecule has 0 aliphatic carbocycles. The van der Waals surface area contributed by atoms with Crippen molar-refractivity contribution in [1.29, 1.82) is 0 Å². The average molecular weight is 193 g/mol. The molecule has 1 unspecified atom stereocenters. The molecular formula is C8H18O3P. The zero-order chi connectivity index (χ0) is 9.61. The van der Waals surface area contributed by atoms with Gasteiger partial charge >= 0.3 is 7.60 Å². The van der Waals surface area contributed by atoms with Crippen molar-refractivity contribution < 1.29 is 13.6 Å². The Morgan fingerprint density at radius 2 is 1.75 bits per heavy atom. The highest BCUT2D eigenvalue weighted by Crippen LogP contribution is 2.53. The summed E-state index contributed by atoms with van der Waals surface area (Å²) in [5, 5.41) is 0. The van der Waals surface area contributed by atoms with Crippen LogP contribution in [-0.2, 0) is 13.6 Å². The number of hydrogen-bond donors (Lipinski definition) is 0. The largest absolute Gasteiger partial charge is 0.333 e. The molecule has 1 radical (unpaired) electrons. The fourth-order valence-corrected chi connectivity index (χ4v) is 2.43. The highest BCUT2D eigenvalue weighted by atomic mass is 31.2. The molecule has 0 bridgehead atoms. The molecule has 0 aromatic carbocycles. The van der Waals surface area contributed by atoms with Gasteiger partial charge in [0.25, 0.3) is 0 Å². The van der Waals surface area contributed by atoms with Crippen LogP contribution in [0.4, 0.5) is 0 Å². The van der Waals surface area contributed by atoms with Crippen LogP contribution >= 0.6 is 7.60 Å². The van der Waals surface area contributed by atoms with Gasteiger partial charge in [-0.15, -0.1) is 0 Å². The van der Waals surface area contributed by atoms with E-state index in [4.69, 9.17) is 9.05 Å². The fraction of sp³-hybridized carbons (Fsp3) is 0.875. The first-order valence-electron chi connectivity index (χ1n) is 4.28. The summed E-state index contributed by atoms with van der Waals surface area (Å²) in [4.78, 5) is 0. The molecule has 0 fully saturated rings. The Bertz CT molecular complexity index is 148. The lowest BCUT2D eigenvalue weighted by atomic mass is 10.4. The van der Waals surface area contributed by atoms with E-state index < -0.39 is 7.60 Å². The predicted molar refractivity (Wildman–Crippen MR) is 50.3 cm³/mol. The summed E-state index contributed by atoms with van der Waals surface area (Å²) in [7, 11) is -2.87. The van der Waals surface area contributed by atoms with Crippen molar-refractivity contribution in [2.24, 2.45) is 0 Å². The van der Waals surface area contributed by atoms with Crippen LogP contribution in [0.2, 0.25) is 0 Å². The maximum Gasteiger partial charge on any atom is 0.333 e. The van der Waals surface area contributed by atoms with Crippen molar-refractivity contribution in [2.75, 3.05) is 13.2 Å². The smallest absolute Gasteiger partial charge is 0.309 e. The zero-order valence-electron chi connectivity index (χ0n) is 8.08. The highest BCUT2D eigenvalue weighted by molar-refractivity contribution is 7.54. The lowest BCUT2D eigenvalue weighted by Crippen LogP contribution is -2.08. The summed E-state index contributed by atoms with van der Waals surface area (Å²) in [6.45, 7) is 9.97. The fourth-order valence-electron chi connectivity index (χ4n) is 0.810. The normalized spacial score (nSPS) is 14.7. The zero-order valence-corrected chi connectivity index (χ0v) is 8.97. The molecule has 0 aromatic rings. The third kappa shape index (κ3) is 3.26. The Morgan fingerprint density at radius 1 is 1.33 bits per heavy atom. The van der Waals surface area contributed by atoms with Crippen molar-refractivity contribution in [3.63, 3.8) is 0 Å². The molecular weight excluding hydrogens is 175 g/mol. The molecule has 0 saturated carbocycles. The molecule has 0 aliphatic heterocycles. The number of hydrogen-bond acceptors (Lipinski definition) is 3. The van der Waals surface area contributed by atoms with Crippen LogP contribution < -0.4 is 0 Å². The average Bonchev–Trinajstić information content (AvgIpc) is 2.04. The van der Waals surface area contributed by atoms with Gasteiger partial charge in [0, 0.05) is 0 Å². The maximum atomic E-state index is 11.9. The van der Waals surface area contributed by atoms with E-state index in [1.54, 1.807) is 0 Å². The van der Waals surface area contributed by atoms with Crippen LogP contribution in [0.15, 0.2) is 0 Å².